The Morgan fingerprint density at radius 1 is 1.09 bits per heavy atom. The van der Waals surface area contributed by atoms with Crippen molar-refractivity contribution in [3.8, 4) is 0 Å². The first-order chi connectivity index (χ1) is 16.1. The van der Waals surface area contributed by atoms with Crippen molar-refractivity contribution in [3.63, 3.8) is 0 Å². The van der Waals surface area contributed by atoms with Gasteiger partial charge in [0, 0.05) is 15.7 Å². The topological polar surface area (TPSA) is 27.6 Å². The zero-order chi connectivity index (χ0) is 24.5. The summed E-state index contributed by atoms with van der Waals surface area (Å²) < 4.78 is 0. The number of para-hydroxylation sites is 1. The normalized spacial score (nSPS) is 20.4. The number of hydrogen-bond donors (Lipinski definition) is 1. The van der Waals surface area contributed by atoms with Gasteiger partial charge in [-0.25, -0.2) is 0 Å². The average molecular weight is 515 g/mol. The van der Waals surface area contributed by atoms with Crippen LogP contribution in [0.2, 0.25) is 10.0 Å². The standard InChI is InChI=1S/C28H33Cl2N3S/c1-19-10-6-7-11-23(19)33-26(34)32-25(28(33)16-8-5-9-17-28)31-24(27(2,3)4)15-13-20-12-14-21(29)18-22(20)30/h6-7,10-15,18,24H,5,8-9,16-17H2,1-4H3,(H,31,32,34)/b15-13+. The molecular formula is C28H33Cl2N3S. The molecule has 2 aromatic rings. The van der Waals surface area contributed by atoms with E-state index in [1.165, 1.54) is 30.5 Å². The number of benzene rings is 2. The molecule has 1 heterocycles. The summed E-state index contributed by atoms with van der Waals surface area (Å²) in [6, 6.07) is 14.0. The smallest absolute Gasteiger partial charge is 0.179 e. The number of thiocarbonyl (C=S) groups is 1. The van der Waals surface area contributed by atoms with Crippen molar-refractivity contribution in [1.82, 2.24) is 5.32 Å². The molecule has 0 aromatic heterocycles. The first-order valence-electron chi connectivity index (χ1n) is 12.0. The van der Waals surface area contributed by atoms with E-state index in [2.05, 4.69) is 74.3 Å². The second kappa shape index (κ2) is 10.0. The lowest BCUT2D eigenvalue weighted by atomic mass is 9.79. The predicted molar refractivity (Wildman–Crippen MR) is 151 cm³/mol. The van der Waals surface area contributed by atoms with Crippen molar-refractivity contribution in [2.75, 3.05) is 4.90 Å². The summed E-state index contributed by atoms with van der Waals surface area (Å²) in [5.41, 5.74) is 3.02. The maximum Gasteiger partial charge on any atom is 0.179 e. The van der Waals surface area contributed by atoms with Gasteiger partial charge in [-0.05, 0) is 66.7 Å². The van der Waals surface area contributed by atoms with Gasteiger partial charge >= 0.3 is 0 Å². The number of anilines is 1. The Kier molecular flexibility index (Phi) is 7.42. The predicted octanol–water partition coefficient (Wildman–Crippen LogP) is 8.23. The van der Waals surface area contributed by atoms with Gasteiger partial charge in [-0.15, -0.1) is 0 Å². The lowest BCUT2D eigenvalue weighted by molar-refractivity contribution is 0.357. The molecule has 0 radical (unpaired) electrons. The molecule has 1 saturated carbocycles. The minimum absolute atomic E-state index is 0.0554. The van der Waals surface area contributed by atoms with Crippen LogP contribution in [-0.4, -0.2) is 22.5 Å². The Bertz CT molecular complexity index is 1130. The number of halogens is 2. The third-order valence-electron chi connectivity index (χ3n) is 6.91. The lowest BCUT2D eigenvalue weighted by Crippen LogP contribution is -2.52. The fourth-order valence-corrected chi connectivity index (χ4v) is 5.81. The summed E-state index contributed by atoms with van der Waals surface area (Å²) in [7, 11) is 0. The highest BCUT2D eigenvalue weighted by Crippen LogP contribution is 2.42. The molecule has 6 heteroatoms. The molecule has 1 aliphatic carbocycles. The zero-order valence-corrected chi connectivity index (χ0v) is 22.7. The number of amidine groups is 1. The molecule has 1 saturated heterocycles. The van der Waals surface area contributed by atoms with E-state index < -0.39 is 0 Å². The number of nitrogens with zero attached hydrogens (tertiary/aromatic N) is 2. The molecule has 2 fully saturated rings. The highest BCUT2D eigenvalue weighted by Gasteiger charge is 2.50. The van der Waals surface area contributed by atoms with Crippen LogP contribution in [-0.2, 0) is 0 Å². The lowest BCUT2D eigenvalue weighted by Gasteiger charge is -2.42. The molecule has 2 aliphatic rings. The van der Waals surface area contributed by atoms with E-state index in [9.17, 15) is 0 Å². The summed E-state index contributed by atoms with van der Waals surface area (Å²) >= 11 is 18.4. The maximum atomic E-state index is 6.43. The largest absolute Gasteiger partial charge is 0.319 e. The van der Waals surface area contributed by atoms with Gasteiger partial charge < -0.3 is 10.2 Å². The van der Waals surface area contributed by atoms with Crippen LogP contribution in [0.5, 0.6) is 0 Å². The monoisotopic (exact) mass is 513 g/mol. The molecule has 1 N–H and O–H groups in total. The van der Waals surface area contributed by atoms with Crippen molar-refractivity contribution in [2.24, 2.45) is 10.4 Å². The summed E-state index contributed by atoms with van der Waals surface area (Å²) in [6.45, 7) is 8.81. The Morgan fingerprint density at radius 3 is 2.44 bits per heavy atom. The van der Waals surface area contributed by atoms with Crippen molar-refractivity contribution >= 4 is 58.1 Å². The van der Waals surface area contributed by atoms with Crippen molar-refractivity contribution in [2.45, 2.75) is 71.4 Å². The molecule has 1 spiro atoms. The number of aryl methyl sites for hydroxylation is 1. The number of hydrogen-bond acceptors (Lipinski definition) is 2. The molecule has 0 bridgehead atoms. The van der Waals surface area contributed by atoms with Crippen LogP contribution >= 0.6 is 35.4 Å². The van der Waals surface area contributed by atoms with Crippen molar-refractivity contribution < 1.29 is 0 Å². The molecule has 180 valence electrons. The second-order valence-corrected chi connectivity index (χ2v) is 11.7. The van der Waals surface area contributed by atoms with E-state index in [1.54, 1.807) is 6.07 Å². The zero-order valence-electron chi connectivity index (χ0n) is 20.4. The van der Waals surface area contributed by atoms with Gasteiger partial charge in [0.05, 0.1) is 6.04 Å². The number of nitrogens with one attached hydrogen (secondary N) is 1. The minimum atomic E-state index is -0.225. The number of aliphatic imine (C=N–C) groups is 1. The fourth-order valence-electron chi connectivity index (χ4n) is 4.97. The highest BCUT2D eigenvalue weighted by atomic mass is 35.5. The molecule has 0 amide bonds. The molecule has 1 atom stereocenters. The second-order valence-electron chi connectivity index (χ2n) is 10.5. The van der Waals surface area contributed by atoms with Crippen LogP contribution in [0.25, 0.3) is 6.08 Å². The Morgan fingerprint density at radius 2 is 1.79 bits per heavy atom. The van der Waals surface area contributed by atoms with Crippen molar-refractivity contribution in [3.05, 3.63) is 69.7 Å². The third kappa shape index (κ3) is 5.05. The van der Waals surface area contributed by atoms with E-state index in [-0.39, 0.29) is 17.0 Å². The van der Waals surface area contributed by atoms with Crippen LogP contribution in [0, 0.1) is 12.3 Å². The van der Waals surface area contributed by atoms with Gasteiger partial charge in [-0.3, -0.25) is 4.99 Å². The summed E-state index contributed by atoms with van der Waals surface area (Å²) in [6.07, 6.45) is 9.87. The van der Waals surface area contributed by atoms with E-state index in [0.717, 1.165) is 29.4 Å². The Hall–Kier alpha value is -1.88. The van der Waals surface area contributed by atoms with Gasteiger partial charge in [0.25, 0.3) is 0 Å². The van der Waals surface area contributed by atoms with Gasteiger partial charge in [-0.2, -0.15) is 0 Å². The third-order valence-corrected chi connectivity index (χ3v) is 7.76. The first kappa shape index (κ1) is 25.2. The average Bonchev–Trinajstić information content (AvgIpc) is 3.02. The van der Waals surface area contributed by atoms with Gasteiger partial charge in [0.1, 0.15) is 11.4 Å². The molecule has 34 heavy (non-hydrogen) atoms. The Balaban J connectivity index is 1.76. The van der Waals surface area contributed by atoms with E-state index in [0.29, 0.717) is 10.0 Å². The quantitative estimate of drug-likeness (QED) is 0.417. The highest BCUT2D eigenvalue weighted by molar-refractivity contribution is 7.80. The van der Waals surface area contributed by atoms with E-state index in [1.807, 2.05) is 12.1 Å². The molecule has 3 nitrogen and oxygen atoms in total. The minimum Gasteiger partial charge on any atom is -0.319 e. The van der Waals surface area contributed by atoms with Crippen LogP contribution in [0.15, 0.2) is 53.5 Å². The van der Waals surface area contributed by atoms with Gasteiger partial charge in [0.2, 0.25) is 0 Å². The van der Waals surface area contributed by atoms with Crippen LogP contribution in [0.3, 0.4) is 0 Å². The molecule has 1 unspecified atom stereocenters. The van der Waals surface area contributed by atoms with E-state index >= 15 is 0 Å². The number of rotatable bonds is 4. The van der Waals surface area contributed by atoms with Crippen molar-refractivity contribution in [1.29, 1.82) is 0 Å². The van der Waals surface area contributed by atoms with E-state index in [4.69, 9.17) is 40.4 Å². The van der Waals surface area contributed by atoms with Gasteiger partial charge in [0.15, 0.2) is 5.11 Å². The molecule has 4 rings (SSSR count). The van der Waals surface area contributed by atoms with Crippen LogP contribution in [0.1, 0.15) is 64.0 Å². The summed E-state index contributed by atoms with van der Waals surface area (Å²) in [4.78, 5) is 7.70. The Labute approximate surface area is 219 Å². The summed E-state index contributed by atoms with van der Waals surface area (Å²) in [5.74, 6) is 0.993. The SMILES string of the molecule is Cc1ccccc1N1C(=S)NC(=NC(/C=C/c2ccc(Cl)cc2Cl)C(C)(C)C)C12CCCCC2. The van der Waals surface area contributed by atoms with Crippen LogP contribution < -0.4 is 10.2 Å². The molecular weight excluding hydrogens is 481 g/mol. The maximum absolute atomic E-state index is 6.43. The summed E-state index contributed by atoms with van der Waals surface area (Å²) in [5, 5.41) is 5.55. The van der Waals surface area contributed by atoms with Crippen LogP contribution in [0.4, 0.5) is 5.69 Å². The molecule has 2 aromatic carbocycles. The fraction of sp³-hybridized carbons (Fsp3) is 0.429. The molecule has 1 aliphatic heterocycles. The van der Waals surface area contributed by atoms with Gasteiger partial charge in [-0.1, -0.05) is 99.7 Å². The first-order valence-corrected chi connectivity index (χ1v) is 13.2.